The van der Waals surface area contributed by atoms with Crippen molar-refractivity contribution in [3.05, 3.63) is 18.2 Å². The molecule has 1 aromatic carbocycles. The number of rotatable bonds is 3. The van der Waals surface area contributed by atoms with E-state index in [0.717, 1.165) is 18.7 Å². The van der Waals surface area contributed by atoms with Gasteiger partial charge >= 0.3 is 0 Å². The van der Waals surface area contributed by atoms with Gasteiger partial charge < -0.3 is 15.4 Å². The van der Waals surface area contributed by atoms with Crippen molar-refractivity contribution in [2.45, 2.75) is 17.4 Å². The van der Waals surface area contributed by atoms with E-state index in [0.29, 0.717) is 12.6 Å². The summed E-state index contributed by atoms with van der Waals surface area (Å²) in [6.45, 7) is 1.42. The second kappa shape index (κ2) is 4.75. The maximum Gasteiger partial charge on any atom is 0.240 e. The maximum absolute atomic E-state index is 11.3. The molecule has 0 amide bonds. The first-order valence-corrected chi connectivity index (χ1v) is 7.17. The van der Waals surface area contributed by atoms with E-state index in [2.05, 4.69) is 0 Å². The number of benzene rings is 1. The second-order valence-corrected chi connectivity index (χ2v) is 5.93. The molecule has 1 aromatic rings. The lowest BCUT2D eigenvalue weighted by Crippen LogP contribution is -2.31. The highest BCUT2D eigenvalue weighted by atomic mass is 32.2. The number of hydrogen-bond acceptors (Lipinski definition) is 5. The first kappa shape index (κ1) is 13.1. The zero-order valence-corrected chi connectivity index (χ0v) is 11.0. The van der Waals surface area contributed by atoms with Crippen LogP contribution in [0.25, 0.3) is 0 Å². The van der Waals surface area contributed by atoms with E-state index in [1.54, 1.807) is 12.1 Å². The Hall–Kier alpha value is -1.31. The molecular formula is C11H17N3O3S. The molecule has 100 valence electrons. The third kappa shape index (κ3) is 2.58. The zero-order chi connectivity index (χ0) is 13.3. The van der Waals surface area contributed by atoms with Crippen LogP contribution in [0, 0.1) is 0 Å². The number of ether oxygens (including phenoxy) is 1. The fourth-order valence-corrected chi connectivity index (χ4v) is 2.70. The number of hydrogen-bond donors (Lipinski definition) is 2. The summed E-state index contributed by atoms with van der Waals surface area (Å²) in [6, 6.07) is 5.06. The minimum atomic E-state index is -3.76. The van der Waals surface area contributed by atoms with Gasteiger partial charge in [-0.3, -0.25) is 0 Å². The van der Waals surface area contributed by atoms with E-state index in [1.807, 2.05) is 11.9 Å². The summed E-state index contributed by atoms with van der Waals surface area (Å²) in [5.41, 5.74) is 6.75. The van der Waals surface area contributed by atoms with Crippen molar-refractivity contribution in [1.82, 2.24) is 0 Å². The fraction of sp³-hybridized carbons (Fsp3) is 0.455. The number of anilines is 2. The molecule has 6 nitrogen and oxygen atoms in total. The summed E-state index contributed by atoms with van der Waals surface area (Å²) in [6.07, 6.45) is 0.952. The van der Waals surface area contributed by atoms with Gasteiger partial charge in [0.15, 0.2) is 0 Å². The first-order chi connectivity index (χ1) is 8.39. The Balaban J connectivity index is 2.28. The van der Waals surface area contributed by atoms with E-state index in [4.69, 9.17) is 15.6 Å². The Labute approximate surface area is 107 Å². The molecule has 7 heteroatoms. The van der Waals surface area contributed by atoms with Crippen molar-refractivity contribution in [2.24, 2.45) is 5.14 Å². The molecule has 1 unspecified atom stereocenters. The van der Waals surface area contributed by atoms with Crippen LogP contribution in [-0.4, -0.2) is 34.7 Å². The normalized spacial score (nSPS) is 20.0. The lowest BCUT2D eigenvalue weighted by molar-refractivity contribution is 0.193. The Bertz CT molecular complexity index is 538. The van der Waals surface area contributed by atoms with Crippen LogP contribution in [-0.2, 0) is 14.8 Å². The molecule has 0 aliphatic carbocycles. The highest BCUT2D eigenvalue weighted by molar-refractivity contribution is 7.89. The van der Waals surface area contributed by atoms with Crippen molar-refractivity contribution < 1.29 is 13.2 Å². The van der Waals surface area contributed by atoms with E-state index in [-0.39, 0.29) is 10.6 Å². The molecule has 1 atom stereocenters. The van der Waals surface area contributed by atoms with Gasteiger partial charge in [0.1, 0.15) is 4.90 Å². The van der Waals surface area contributed by atoms with Gasteiger partial charge in [-0.25, -0.2) is 13.6 Å². The van der Waals surface area contributed by atoms with Crippen LogP contribution in [0.4, 0.5) is 11.4 Å². The van der Waals surface area contributed by atoms with Gasteiger partial charge in [0.05, 0.1) is 18.3 Å². The highest BCUT2D eigenvalue weighted by Crippen LogP contribution is 2.26. The third-order valence-electron chi connectivity index (χ3n) is 3.16. The molecule has 4 N–H and O–H groups in total. The van der Waals surface area contributed by atoms with Gasteiger partial charge in [-0.05, 0) is 24.6 Å². The summed E-state index contributed by atoms with van der Waals surface area (Å²) >= 11 is 0. The minimum absolute atomic E-state index is 0.0395. The number of primary sulfonamides is 1. The van der Waals surface area contributed by atoms with Gasteiger partial charge in [-0.1, -0.05) is 0 Å². The fourth-order valence-electron chi connectivity index (χ4n) is 2.05. The molecule has 1 aliphatic rings. The van der Waals surface area contributed by atoms with E-state index in [9.17, 15) is 8.42 Å². The zero-order valence-electron chi connectivity index (χ0n) is 10.2. The Morgan fingerprint density at radius 3 is 2.67 bits per heavy atom. The van der Waals surface area contributed by atoms with Crippen LogP contribution in [0.1, 0.15) is 6.42 Å². The Kier molecular flexibility index (Phi) is 3.47. The van der Waals surface area contributed by atoms with Crippen LogP contribution < -0.4 is 15.8 Å². The summed E-state index contributed by atoms with van der Waals surface area (Å²) in [7, 11) is -1.83. The molecule has 1 aliphatic heterocycles. The molecule has 0 spiro atoms. The molecular weight excluding hydrogens is 254 g/mol. The van der Waals surface area contributed by atoms with Crippen molar-refractivity contribution in [1.29, 1.82) is 0 Å². The SMILES string of the molecule is CN(c1ccc(S(N)(=O)=O)c(N)c1)C1CCOC1. The maximum atomic E-state index is 11.3. The van der Waals surface area contributed by atoms with E-state index >= 15 is 0 Å². The summed E-state index contributed by atoms with van der Waals surface area (Å²) in [5.74, 6) is 0. The van der Waals surface area contributed by atoms with Gasteiger partial charge in [-0.15, -0.1) is 0 Å². The minimum Gasteiger partial charge on any atom is -0.398 e. The summed E-state index contributed by atoms with van der Waals surface area (Å²) < 4.78 is 27.8. The topological polar surface area (TPSA) is 98.7 Å². The Morgan fingerprint density at radius 1 is 1.44 bits per heavy atom. The van der Waals surface area contributed by atoms with Gasteiger partial charge in [0, 0.05) is 19.3 Å². The van der Waals surface area contributed by atoms with Gasteiger partial charge in [-0.2, -0.15) is 0 Å². The third-order valence-corrected chi connectivity index (χ3v) is 4.15. The van der Waals surface area contributed by atoms with Crippen molar-refractivity contribution in [2.75, 3.05) is 30.9 Å². The lowest BCUT2D eigenvalue weighted by atomic mass is 10.2. The monoisotopic (exact) mass is 271 g/mol. The molecule has 18 heavy (non-hydrogen) atoms. The van der Waals surface area contributed by atoms with Crippen molar-refractivity contribution in [3.8, 4) is 0 Å². The quantitative estimate of drug-likeness (QED) is 0.762. The molecule has 0 aromatic heterocycles. The molecule has 0 bridgehead atoms. The van der Waals surface area contributed by atoms with Crippen molar-refractivity contribution in [3.63, 3.8) is 0 Å². The van der Waals surface area contributed by atoms with Crippen LogP contribution in [0.15, 0.2) is 23.1 Å². The largest absolute Gasteiger partial charge is 0.398 e. The van der Waals surface area contributed by atoms with E-state index in [1.165, 1.54) is 6.07 Å². The predicted octanol–water partition coefficient (Wildman–Crippen LogP) is 0.141. The average molecular weight is 271 g/mol. The molecule has 1 heterocycles. The Morgan fingerprint density at radius 2 is 2.17 bits per heavy atom. The number of nitrogens with two attached hydrogens (primary N) is 2. The van der Waals surface area contributed by atoms with E-state index < -0.39 is 10.0 Å². The average Bonchev–Trinajstić information content (AvgIpc) is 2.79. The van der Waals surface area contributed by atoms with Crippen LogP contribution in [0.5, 0.6) is 0 Å². The van der Waals surface area contributed by atoms with Crippen molar-refractivity contribution >= 4 is 21.4 Å². The number of nitrogens with zero attached hydrogens (tertiary/aromatic N) is 1. The summed E-state index contributed by atoms with van der Waals surface area (Å²) in [4.78, 5) is 2.00. The molecule has 1 saturated heterocycles. The molecule has 1 fully saturated rings. The molecule has 0 radical (unpaired) electrons. The predicted molar refractivity (Wildman–Crippen MR) is 69.9 cm³/mol. The second-order valence-electron chi connectivity index (χ2n) is 4.40. The summed E-state index contributed by atoms with van der Waals surface area (Å²) in [5, 5.41) is 5.06. The first-order valence-electron chi connectivity index (χ1n) is 5.62. The molecule has 2 rings (SSSR count). The van der Waals surface area contributed by atoms with Gasteiger partial charge in [0.25, 0.3) is 0 Å². The highest BCUT2D eigenvalue weighted by Gasteiger charge is 2.21. The smallest absolute Gasteiger partial charge is 0.240 e. The number of nitrogen functional groups attached to an aromatic ring is 1. The number of likely N-dealkylation sites (N-methyl/N-ethyl adjacent to an activating group) is 1. The van der Waals surface area contributed by atoms with Gasteiger partial charge in [0.2, 0.25) is 10.0 Å². The number of sulfonamides is 1. The molecule has 0 saturated carbocycles. The van der Waals surface area contributed by atoms with Crippen LogP contribution in [0.2, 0.25) is 0 Å². The standard InChI is InChI=1S/C11H17N3O3S/c1-14(9-4-5-17-7-9)8-2-3-11(10(12)6-8)18(13,15)16/h2-3,6,9H,4-5,7,12H2,1H3,(H2,13,15,16). The lowest BCUT2D eigenvalue weighted by Gasteiger charge is -2.25. The van der Waals surface area contributed by atoms with Crippen LogP contribution in [0.3, 0.4) is 0 Å². The van der Waals surface area contributed by atoms with Crippen LogP contribution >= 0.6 is 0 Å².